The van der Waals surface area contributed by atoms with Crippen LogP contribution in [-0.2, 0) is 42.4 Å². The van der Waals surface area contributed by atoms with Gasteiger partial charge in [0.25, 0.3) is 0 Å². The smallest absolute Gasteiger partial charge is 0.465 e. The lowest BCUT2D eigenvalue weighted by molar-refractivity contribution is -0.145. The summed E-state index contributed by atoms with van der Waals surface area (Å²) >= 11 is 14.0. The highest BCUT2D eigenvalue weighted by molar-refractivity contribution is 7.96. The first-order valence-electron chi connectivity index (χ1n) is 17.4. The highest BCUT2D eigenvalue weighted by Crippen LogP contribution is 2.36. The molecule has 4 rings (SSSR count). The largest absolute Gasteiger partial charge is 0.762 e. The van der Waals surface area contributed by atoms with E-state index in [9.17, 15) is 84.8 Å². The van der Waals surface area contributed by atoms with E-state index in [0.717, 1.165) is 41.7 Å². The molecule has 9 nitrogen and oxygen atoms in total. The Morgan fingerprint density at radius 2 is 1.21 bits per heavy atom. The number of Topliss-reactive ketones (excluding diaryl/α,β-unsaturated/α-hetero) is 1. The zero-order valence-corrected chi connectivity index (χ0v) is 37.8. The normalized spacial score (nSPS) is 10.9. The molecule has 4 aromatic rings. The molecule has 3 aromatic carbocycles. The van der Waals surface area contributed by atoms with Gasteiger partial charge in [0.2, 0.25) is 5.69 Å². The van der Waals surface area contributed by atoms with E-state index in [-0.39, 0.29) is 50.1 Å². The molecule has 0 spiro atoms. The number of esters is 2. The fourth-order valence-electron chi connectivity index (χ4n) is 3.81. The van der Waals surface area contributed by atoms with Crippen LogP contribution < -0.4 is 5.73 Å². The summed E-state index contributed by atoms with van der Waals surface area (Å²) in [7, 11) is -3.67. The number of alkyl halides is 10. The number of aromatic nitrogens is 1. The van der Waals surface area contributed by atoms with Crippen LogP contribution in [0.4, 0.5) is 71.3 Å². The molecule has 67 heavy (non-hydrogen) atoms. The summed E-state index contributed by atoms with van der Waals surface area (Å²) in [5.74, 6) is -4.90. The van der Waals surface area contributed by atoms with Crippen molar-refractivity contribution in [2.45, 2.75) is 58.5 Å². The van der Waals surface area contributed by atoms with E-state index >= 15 is 0 Å². The Kier molecular flexibility index (Phi) is 27.9. The molecule has 0 amide bonds. The predicted octanol–water partition coefficient (Wildman–Crippen LogP) is 12.4. The number of thiocarbonyl (C=S) groups is 1. The Balaban J connectivity index is 0. The molecule has 1 aromatic heterocycles. The maximum absolute atomic E-state index is 13.9. The van der Waals surface area contributed by atoms with Gasteiger partial charge < -0.3 is 15.2 Å². The van der Waals surface area contributed by atoms with Gasteiger partial charge in [-0.25, -0.2) is 32.6 Å². The molecule has 1 atom stereocenters. The fraction of sp³-hybridized carbons (Fsp3) is 0.289. The summed E-state index contributed by atoms with van der Waals surface area (Å²) in [6.45, 7) is 14.3. The van der Waals surface area contributed by atoms with Gasteiger partial charge in [-0.3, -0.25) is 22.5 Å². The number of hydrogen-bond acceptors (Lipinski definition) is 9. The fourth-order valence-corrected chi connectivity index (χ4v) is 5.02. The maximum atomic E-state index is 13.9. The standard InChI is InChI=1S/C14H11F4NO2S.C8H5F4NS.C8H3F4N.C6H9ClO3.C2H4OS.BF3/c1-3-21-13(20)11-7(2)19-12(22-11)9-5-4-8(6-10(9)15)14(16,17)18;9-6-3-4(8(10,11)12)1-2-5(6)7(13)14;1-13-7-3-2-5(4-6(7)9)8(10,11)12;1-3-10-6(9)5(7)4(2)8;1-2(3)4;2-1(3)4/h4-6H,3H2,1-2H3;1-3H,(H2,13,14);2-4H;5H,3H2,1-2H3;1H3,(H,3,4);. The van der Waals surface area contributed by atoms with E-state index in [2.05, 4.69) is 39.4 Å². The maximum Gasteiger partial charge on any atom is 0.762 e. The average molecular weight is 1050 g/mol. The van der Waals surface area contributed by atoms with Crippen LogP contribution in [0.5, 0.6) is 0 Å². The van der Waals surface area contributed by atoms with Crippen LogP contribution in [0.3, 0.4) is 0 Å². The van der Waals surface area contributed by atoms with Gasteiger partial charge in [-0.05, 0) is 70.2 Å². The predicted molar refractivity (Wildman–Crippen MR) is 224 cm³/mol. The SMILES string of the molecule is CC(=O)S.CCOC(=O)C(Cl)C(C)=O.CCOC(=O)c1sc(-c2ccc(C(F)(F)F)cc2F)nc1C.FB(F)F.NC(=S)c1ccc(C(F)(F)F)cc1F.[C-]#[N+]c1ccc(C(F)(F)F)cc1F. The molecule has 0 radical (unpaired) electrons. The van der Waals surface area contributed by atoms with Gasteiger partial charge >= 0.3 is 38.0 Å². The summed E-state index contributed by atoms with van der Waals surface area (Å²) in [4.78, 5) is 48.7. The first-order chi connectivity index (χ1) is 30.6. The third-order valence-electron chi connectivity index (χ3n) is 6.59. The van der Waals surface area contributed by atoms with Crippen LogP contribution in [-0.4, -0.2) is 58.9 Å². The topological polar surface area (TPSA) is 130 Å². The Hall–Kier alpha value is -5.40. The number of ketones is 1. The number of thiazole rings is 1. The molecule has 1 heterocycles. The summed E-state index contributed by atoms with van der Waals surface area (Å²) in [5.41, 5.74) is 1.52. The van der Waals surface area contributed by atoms with Gasteiger partial charge in [-0.1, -0.05) is 24.4 Å². The monoisotopic (exact) mass is 1050 g/mol. The Morgan fingerprint density at radius 1 is 0.806 bits per heavy atom. The first-order valence-corrected chi connectivity index (χ1v) is 19.5. The van der Waals surface area contributed by atoms with Crippen LogP contribution in [0.2, 0.25) is 0 Å². The van der Waals surface area contributed by atoms with Crippen LogP contribution in [0.15, 0.2) is 54.6 Å². The minimum absolute atomic E-state index is 0.0864. The van der Waals surface area contributed by atoms with E-state index in [4.69, 9.17) is 28.6 Å². The number of thiol groups is 1. The van der Waals surface area contributed by atoms with Crippen molar-refractivity contribution in [3.8, 4) is 10.6 Å². The number of nitrogens with two attached hydrogens (primary N) is 1. The Labute approximate surface area is 391 Å². The van der Waals surface area contributed by atoms with Gasteiger partial charge in [0.1, 0.15) is 32.3 Å². The summed E-state index contributed by atoms with van der Waals surface area (Å²) in [6, 6.07) is 6.02. The molecular formula is C38H32BClF15N3O6S3. The third-order valence-corrected chi connectivity index (χ3v) is 8.47. The van der Waals surface area contributed by atoms with Crippen molar-refractivity contribution in [3.05, 3.63) is 116 Å². The zero-order valence-electron chi connectivity index (χ0n) is 34.5. The molecule has 0 saturated heterocycles. The second-order valence-corrected chi connectivity index (χ2v) is 14.2. The van der Waals surface area contributed by atoms with Gasteiger partial charge in [0, 0.05) is 18.1 Å². The van der Waals surface area contributed by atoms with Crippen LogP contribution in [0.1, 0.15) is 65.3 Å². The lowest BCUT2D eigenvalue weighted by atomic mass is 10.1. The molecule has 0 aliphatic carbocycles. The molecule has 368 valence electrons. The van der Waals surface area contributed by atoms with E-state index in [1.165, 1.54) is 13.8 Å². The van der Waals surface area contributed by atoms with Crippen molar-refractivity contribution in [2.24, 2.45) is 5.73 Å². The Morgan fingerprint density at radius 3 is 1.55 bits per heavy atom. The third kappa shape index (κ3) is 24.8. The zero-order chi connectivity index (χ0) is 52.8. The van der Waals surface area contributed by atoms with Gasteiger partial charge in [0.15, 0.2) is 16.3 Å². The molecule has 1 unspecified atom stereocenters. The van der Waals surface area contributed by atoms with E-state index in [1.54, 1.807) is 20.8 Å². The summed E-state index contributed by atoms with van der Waals surface area (Å²) in [5, 5.41) is -1.15. The van der Waals surface area contributed by atoms with Crippen LogP contribution in [0, 0.1) is 30.9 Å². The summed E-state index contributed by atoms with van der Waals surface area (Å²) < 4.78 is 187. The number of aryl methyl sites for hydroxylation is 1. The quantitative estimate of drug-likeness (QED) is 0.0272. The van der Waals surface area contributed by atoms with E-state index in [1.807, 2.05) is 0 Å². The lowest BCUT2D eigenvalue weighted by Crippen LogP contribution is -2.24. The number of ether oxygens (including phenoxy) is 2. The number of halogens is 16. The van der Waals surface area contributed by atoms with Crippen molar-refractivity contribution in [2.75, 3.05) is 13.2 Å². The van der Waals surface area contributed by atoms with E-state index in [0.29, 0.717) is 30.0 Å². The number of carbonyl (C=O) groups is 4. The number of carbonyl (C=O) groups excluding carboxylic acids is 4. The van der Waals surface area contributed by atoms with E-state index < -0.39 is 83.2 Å². The minimum Gasteiger partial charge on any atom is -0.465 e. The molecule has 0 fully saturated rings. The van der Waals surface area contributed by atoms with Crippen molar-refractivity contribution in [1.29, 1.82) is 0 Å². The number of rotatable bonds is 7. The van der Waals surface area contributed by atoms with Crippen molar-refractivity contribution < 1.29 is 94.3 Å². The molecule has 0 saturated carbocycles. The van der Waals surface area contributed by atoms with Crippen LogP contribution in [0.25, 0.3) is 15.4 Å². The molecular weight excluding hydrogens is 1020 g/mol. The molecule has 0 aliphatic heterocycles. The minimum atomic E-state index is -4.62. The summed E-state index contributed by atoms with van der Waals surface area (Å²) in [6.07, 6.45) is -13.7. The molecule has 0 bridgehead atoms. The van der Waals surface area contributed by atoms with Crippen molar-refractivity contribution in [3.63, 3.8) is 0 Å². The highest BCUT2D eigenvalue weighted by Gasteiger charge is 2.33. The first kappa shape index (κ1) is 63.7. The van der Waals surface area contributed by atoms with Crippen LogP contribution >= 0.6 is 47.8 Å². The van der Waals surface area contributed by atoms with Gasteiger partial charge in [-0.15, -0.1) is 35.6 Å². The molecule has 29 heteroatoms. The molecule has 0 aliphatic rings. The highest BCUT2D eigenvalue weighted by atomic mass is 35.5. The van der Waals surface area contributed by atoms with Gasteiger partial charge in [0.05, 0.1) is 42.2 Å². The van der Waals surface area contributed by atoms with Gasteiger partial charge in [-0.2, -0.15) is 39.5 Å². The lowest BCUT2D eigenvalue weighted by Gasteiger charge is -2.07. The number of hydrogen-bond donors (Lipinski definition) is 2. The van der Waals surface area contributed by atoms with Crippen molar-refractivity contribution in [1.82, 2.24) is 4.98 Å². The van der Waals surface area contributed by atoms with Crippen molar-refractivity contribution >= 4 is 88.8 Å². The second kappa shape index (κ2) is 29.4. The number of benzene rings is 3. The number of nitrogens with zero attached hydrogens (tertiary/aromatic N) is 2. The molecule has 2 N–H and O–H groups in total. The Bertz CT molecular complexity index is 2340. The average Bonchev–Trinajstić information content (AvgIpc) is 3.57. The second-order valence-electron chi connectivity index (χ2n) is 11.7.